The molecule has 0 saturated heterocycles. The largest absolute Gasteiger partial charge is 0.393 e. The van der Waals surface area contributed by atoms with Gasteiger partial charge in [0.25, 0.3) is 0 Å². The summed E-state index contributed by atoms with van der Waals surface area (Å²) in [5, 5.41) is 43.9. The number of rotatable bonds is 6. The van der Waals surface area contributed by atoms with Crippen LogP contribution in [0, 0.1) is 17.3 Å². The summed E-state index contributed by atoms with van der Waals surface area (Å²) in [6.45, 7) is 12.2. The Morgan fingerprint density at radius 1 is 1.19 bits per heavy atom. The molecule has 3 fully saturated rings. The van der Waals surface area contributed by atoms with Crippen molar-refractivity contribution in [3.05, 3.63) is 35.5 Å². The van der Waals surface area contributed by atoms with Gasteiger partial charge in [0, 0.05) is 11.8 Å². The quantitative estimate of drug-likeness (QED) is 0.485. The minimum atomic E-state index is -1.34. The number of aliphatic hydroxyl groups excluding tert-OH is 2. The summed E-state index contributed by atoms with van der Waals surface area (Å²) in [5.74, 6) is 0.566. The van der Waals surface area contributed by atoms with Crippen molar-refractivity contribution in [1.29, 1.82) is 0 Å². The number of fused-ring (bicyclic) bond motifs is 1. The molecule has 176 valence electrons. The van der Waals surface area contributed by atoms with Gasteiger partial charge in [-0.25, -0.2) is 0 Å². The Kier molecular flexibility index (Phi) is 7.27. The van der Waals surface area contributed by atoms with Crippen molar-refractivity contribution in [3.8, 4) is 0 Å². The predicted molar refractivity (Wildman–Crippen MR) is 125 cm³/mol. The molecule has 3 rings (SSSR count). The van der Waals surface area contributed by atoms with Crippen LogP contribution in [-0.4, -0.2) is 43.8 Å². The standard InChI is InChI=1S/C27H44O4/c1-18(2)15-23(29)17-26(5,30)27(31)14-12-24-20(7-6-13-25(24,27)4)9-10-21-16-22(28)11-8-19(21)3/h9-10,18,22-24,28-31H,3,6-8,11-17H2,1-2,4-5H3/b20-9?,21-10-/t22-,23?,24?,25-,26-,27+/m0/s1. The van der Waals surface area contributed by atoms with Crippen molar-refractivity contribution in [3.63, 3.8) is 0 Å². The average Bonchev–Trinajstić information content (AvgIpc) is 2.94. The maximum Gasteiger partial charge on any atom is 0.0990 e. The molecule has 0 aliphatic heterocycles. The molecule has 4 nitrogen and oxygen atoms in total. The topological polar surface area (TPSA) is 80.9 Å². The van der Waals surface area contributed by atoms with E-state index in [2.05, 4.69) is 39.5 Å². The lowest BCUT2D eigenvalue weighted by atomic mass is 9.57. The zero-order valence-corrected chi connectivity index (χ0v) is 20.0. The number of hydrogen-bond donors (Lipinski definition) is 4. The molecule has 0 heterocycles. The third kappa shape index (κ3) is 4.73. The summed E-state index contributed by atoms with van der Waals surface area (Å²) >= 11 is 0. The van der Waals surface area contributed by atoms with Crippen LogP contribution in [-0.2, 0) is 0 Å². The predicted octanol–water partition coefficient (Wildman–Crippen LogP) is 4.82. The lowest BCUT2D eigenvalue weighted by molar-refractivity contribution is -0.211. The molecular formula is C27H44O4. The van der Waals surface area contributed by atoms with Crippen molar-refractivity contribution >= 4 is 0 Å². The molecule has 6 atom stereocenters. The Morgan fingerprint density at radius 3 is 2.58 bits per heavy atom. The van der Waals surface area contributed by atoms with Gasteiger partial charge in [-0.15, -0.1) is 0 Å². The monoisotopic (exact) mass is 432 g/mol. The molecule has 2 unspecified atom stereocenters. The minimum Gasteiger partial charge on any atom is -0.393 e. The third-order valence-corrected chi connectivity index (χ3v) is 8.57. The molecule has 0 radical (unpaired) electrons. The molecule has 0 aromatic rings. The molecule has 4 heteroatoms. The molecule has 0 amide bonds. The van der Waals surface area contributed by atoms with Gasteiger partial charge in [0.05, 0.1) is 23.4 Å². The van der Waals surface area contributed by atoms with E-state index in [0.717, 1.165) is 49.7 Å². The summed E-state index contributed by atoms with van der Waals surface area (Å²) in [5.41, 5.74) is 0.609. The average molecular weight is 433 g/mol. The first-order valence-electron chi connectivity index (χ1n) is 12.3. The van der Waals surface area contributed by atoms with Gasteiger partial charge in [-0.05, 0) is 82.1 Å². The van der Waals surface area contributed by atoms with Gasteiger partial charge in [0.15, 0.2) is 0 Å². The Hall–Kier alpha value is -0.940. The van der Waals surface area contributed by atoms with Crippen molar-refractivity contribution in [2.24, 2.45) is 17.3 Å². The van der Waals surface area contributed by atoms with Gasteiger partial charge in [0.1, 0.15) is 0 Å². The highest BCUT2D eigenvalue weighted by molar-refractivity contribution is 5.37. The Balaban J connectivity index is 1.84. The zero-order valence-electron chi connectivity index (χ0n) is 20.0. The van der Waals surface area contributed by atoms with Gasteiger partial charge in [-0.2, -0.15) is 0 Å². The van der Waals surface area contributed by atoms with Crippen LogP contribution in [0.15, 0.2) is 35.5 Å². The van der Waals surface area contributed by atoms with Crippen molar-refractivity contribution in [1.82, 2.24) is 0 Å². The van der Waals surface area contributed by atoms with Crippen LogP contribution in [0.25, 0.3) is 0 Å². The fraction of sp³-hybridized carbons (Fsp3) is 0.778. The van der Waals surface area contributed by atoms with Crippen LogP contribution in [0.4, 0.5) is 0 Å². The maximum absolute atomic E-state index is 11.9. The Bertz CT molecular complexity index is 734. The first-order valence-corrected chi connectivity index (χ1v) is 12.3. The molecule has 0 bridgehead atoms. The zero-order chi connectivity index (χ0) is 23.0. The summed E-state index contributed by atoms with van der Waals surface area (Å²) < 4.78 is 0. The van der Waals surface area contributed by atoms with E-state index >= 15 is 0 Å². The van der Waals surface area contributed by atoms with Crippen molar-refractivity contribution in [2.45, 2.75) is 115 Å². The van der Waals surface area contributed by atoms with Crippen LogP contribution >= 0.6 is 0 Å². The van der Waals surface area contributed by atoms with Crippen molar-refractivity contribution in [2.75, 3.05) is 0 Å². The molecule has 31 heavy (non-hydrogen) atoms. The summed E-state index contributed by atoms with van der Waals surface area (Å²) in [6.07, 6.45) is 10.8. The van der Waals surface area contributed by atoms with E-state index < -0.39 is 22.7 Å². The molecule has 0 aromatic heterocycles. The van der Waals surface area contributed by atoms with E-state index in [9.17, 15) is 20.4 Å². The Labute approximate surface area is 188 Å². The first kappa shape index (κ1) is 24.7. The van der Waals surface area contributed by atoms with E-state index in [0.29, 0.717) is 25.2 Å². The minimum absolute atomic E-state index is 0.199. The van der Waals surface area contributed by atoms with Crippen LogP contribution < -0.4 is 0 Å². The van der Waals surface area contributed by atoms with Crippen LogP contribution in [0.3, 0.4) is 0 Å². The van der Waals surface area contributed by atoms with E-state index in [1.54, 1.807) is 6.92 Å². The second-order valence-electron chi connectivity index (χ2n) is 11.4. The lowest BCUT2D eigenvalue weighted by Gasteiger charge is -2.53. The molecular weight excluding hydrogens is 388 g/mol. The molecule has 0 spiro atoms. The number of hydrogen-bond acceptors (Lipinski definition) is 4. The smallest absolute Gasteiger partial charge is 0.0990 e. The molecule has 4 N–H and O–H groups in total. The van der Waals surface area contributed by atoms with E-state index in [1.807, 2.05) is 0 Å². The van der Waals surface area contributed by atoms with Gasteiger partial charge >= 0.3 is 0 Å². The normalized spacial score (nSPS) is 39.7. The molecule has 3 aliphatic carbocycles. The third-order valence-electron chi connectivity index (χ3n) is 8.57. The van der Waals surface area contributed by atoms with Crippen LogP contribution in [0.2, 0.25) is 0 Å². The van der Waals surface area contributed by atoms with Crippen LogP contribution in [0.5, 0.6) is 0 Å². The highest BCUT2D eigenvalue weighted by Gasteiger charge is 2.65. The number of allylic oxidation sites excluding steroid dienone is 4. The van der Waals surface area contributed by atoms with Gasteiger partial charge in [-0.1, -0.05) is 50.6 Å². The summed E-state index contributed by atoms with van der Waals surface area (Å²) in [6, 6.07) is 0. The highest BCUT2D eigenvalue weighted by Crippen LogP contribution is 2.63. The van der Waals surface area contributed by atoms with E-state index in [-0.39, 0.29) is 18.4 Å². The Morgan fingerprint density at radius 2 is 1.90 bits per heavy atom. The van der Waals surface area contributed by atoms with Gasteiger partial charge in [0.2, 0.25) is 0 Å². The van der Waals surface area contributed by atoms with Crippen LogP contribution in [0.1, 0.15) is 91.9 Å². The highest BCUT2D eigenvalue weighted by atomic mass is 16.4. The van der Waals surface area contributed by atoms with E-state index in [4.69, 9.17) is 0 Å². The second-order valence-corrected chi connectivity index (χ2v) is 11.4. The van der Waals surface area contributed by atoms with Gasteiger partial charge < -0.3 is 20.4 Å². The molecule has 3 saturated carbocycles. The molecule has 0 aromatic carbocycles. The second kappa shape index (κ2) is 9.13. The summed E-state index contributed by atoms with van der Waals surface area (Å²) in [7, 11) is 0. The molecule has 3 aliphatic rings. The van der Waals surface area contributed by atoms with E-state index in [1.165, 1.54) is 5.57 Å². The maximum atomic E-state index is 11.9. The lowest BCUT2D eigenvalue weighted by Crippen LogP contribution is -2.62. The summed E-state index contributed by atoms with van der Waals surface area (Å²) in [4.78, 5) is 0. The van der Waals surface area contributed by atoms with Crippen molar-refractivity contribution < 1.29 is 20.4 Å². The fourth-order valence-corrected chi connectivity index (χ4v) is 6.79. The van der Waals surface area contributed by atoms with Gasteiger partial charge in [-0.3, -0.25) is 0 Å². The fourth-order valence-electron chi connectivity index (χ4n) is 6.79. The SMILES string of the molecule is C=C1CC[C@H](O)C/C1=C/C=C1CCC[C@@]2(C)C1CC[C@]2(O)[C@@](C)(O)CC(O)CC(C)C. The first-order chi connectivity index (χ1) is 14.4. The number of aliphatic hydroxyl groups is 4.